The van der Waals surface area contributed by atoms with Crippen LogP contribution < -0.4 is 9.47 Å². The van der Waals surface area contributed by atoms with Crippen molar-refractivity contribution in [2.75, 3.05) is 6.61 Å². The molecule has 0 amide bonds. The number of aromatic nitrogens is 1. The Labute approximate surface area is 128 Å². The third kappa shape index (κ3) is 3.73. The van der Waals surface area contributed by atoms with Crippen LogP contribution in [0, 0.1) is 6.92 Å². The minimum absolute atomic E-state index is 0.191. The molecule has 0 aliphatic heterocycles. The Morgan fingerprint density at radius 1 is 1.19 bits per heavy atom. The Balaban J connectivity index is 2.29. The average Bonchev–Trinajstić information content (AvgIpc) is 2.47. The summed E-state index contributed by atoms with van der Waals surface area (Å²) in [5.41, 5.74) is 1.82. The quantitative estimate of drug-likeness (QED) is 0.763. The van der Waals surface area contributed by atoms with Crippen LogP contribution in [0.4, 0.5) is 0 Å². The van der Waals surface area contributed by atoms with E-state index in [-0.39, 0.29) is 6.61 Å². The minimum Gasteiger partial charge on any atom is -0.493 e. The first-order chi connectivity index (χ1) is 10.1. The smallest absolute Gasteiger partial charge is 0.252 e. The topological polar surface area (TPSA) is 48.4 Å². The van der Waals surface area contributed by atoms with E-state index in [0.717, 1.165) is 5.69 Å². The third-order valence-electron chi connectivity index (χ3n) is 2.98. The molecule has 0 bridgehead atoms. The first-order valence-electron chi connectivity index (χ1n) is 6.62. The lowest BCUT2D eigenvalue weighted by molar-refractivity contribution is 0.107. The molecule has 0 unspecified atom stereocenters. The highest BCUT2D eigenvalue weighted by atomic mass is 35.5. The van der Waals surface area contributed by atoms with Gasteiger partial charge in [0.1, 0.15) is 18.1 Å². The number of benzene rings is 1. The number of carbonyl (C=O) groups is 1. The fourth-order valence-electron chi connectivity index (χ4n) is 1.96. The summed E-state index contributed by atoms with van der Waals surface area (Å²) in [7, 11) is 0. The zero-order chi connectivity index (χ0) is 15.2. The summed E-state index contributed by atoms with van der Waals surface area (Å²) in [6, 6.07) is 8.81. The van der Waals surface area contributed by atoms with Crippen molar-refractivity contribution in [3.8, 4) is 11.5 Å². The van der Waals surface area contributed by atoms with Crippen LogP contribution in [0.2, 0.25) is 0 Å². The number of halogens is 1. The third-order valence-corrected chi connectivity index (χ3v) is 3.18. The van der Waals surface area contributed by atoms with E-state index in [4.69, 9.17) is 21.1 Å². The van der Waals surface area contributed by atoms with Crippen LogP contribution in [0.25, 0.3) is 0 Å². The molecular formula is C16H16ClNO3. The van der Waals surface area contributed by atoms with Gasteiger partial charge in [-0.15, -0.1) is 0 Å². The number of hydrogen-bond acceptors (Lipinski definition) is 4. The maximum Gasteiger partial charge on any atom is 0.252 e. The molecule has 4 nitrogen and oxygen atoms in total. The van der Waals surface area contributed by atoms with E-state index in [1.807, 2.05) is 19.9 Å². The molecule has 1 aromatic carbocycles. The Morgan fingerprint density at radius 2 is 1.95 bits per heavy atom. The van der Waals surface area contributed by atoms with Crippen LogP contribution in [-0.4, -0.2) is 16.8 Å². The molecule has 0 fully saturated rings. The fourth-order valence-corrected chi connectivity index (χ4v) is 2.14. The molecule has 2 rings (SSSR count). The molecule has 110 valence electrons. The lowest BCUT2D eigenvalue weighted by Crippen LogP contribution is -2.07. The number of nitrogens with zero attached hydrogens (tertiary/aromatic N) is 1. The van der Waals surface area contributed by atoms with Gasteiger partial charge < -0.3 is 9.47 Å². The van der Waals surface area contributed by atoms with Gasteiger partial charge in [-0.1, -0.05) is 6.07 Å². The molecule has 1 aromatic heterocycles. The molecule has 21 heavy (non-hydrogen) atoms. The number of carbonyl (C=O) groups excluding carboxylic acids is 1. The highest BCUT2D eigenvalue weighted by Crippen LogP contribution is 2.26. The molecule has 2 aromatic rings. The summed E-state index contributed by atoms with van der Waals surface area (Å²) < 4.78 is 11.3. The molecule has 0 saturated carbocycles. The van der Waals surface area contributed by atoms with Crippen LogP contribution in [0.5, 0.6) is 11.5 Å². The molecule has 0 N–H and O–H groups in total. The van der Waals surface area contributed by atoms with Crippen LogP contribution in [-0.2, 0) is 6.61 Å². The van der Waals surface area contributed by atoms with Gasteiger partial charge in [-0.2, -0.15) is 0 Å². The minimum atomic E-state index is -0.530. The second-order valence-electron chi connectivity index (χ2n) is 4.36. The Kier molecular flexibility index (Phi) is 5.17. The molecule has 0 radical (unpaired) electrons. The lowest BCUT2D eigenvalue weighted by atomic mass is 10.1. The highest BCUT2D eigenvalue weighted by Gasteiger charge is 2.15. The molecule has 0 aliphatic carbocycles. The number of rotatable bonds is 6. The molecule has 5 heteroatoms. The highest BCUT2D eigenvalue weighted by molar-refractivity contribution is 6.68. The lowest BCUT2D eigenvalue weighted by Gasteiger charge is -2.14. The molecular weight excluding hydrogens is 290 g/mol. The maximum atomic E-state index is 11.5. The Morgan fingerprint density at radius 3 is 2.62 bits per heavy atom. The van der Waals surface area contributed by atoms with Gasteiger partial charge in [0.2, 0.25) is 0 Å². The van der Waals surface area contributed by atoms with Crippen molar-refractivity contribution in [2.45, 2.75) is 20.5 Å². The fraction of sp³-hybridized carbons (Fsp3) is 0.250. The van der Waals surface area contributed by atoms with Crippen molar-refractivity contribution in [3.63, 3.8) is 0 Å². The predicted octanol–water partition coefficient (Wildman–Crippen LogP) is 3.75. The summed E-state index contributed by atoms with van der Waals surface area (Å²) in [5.74, 6) is 1.27. The van der Waals surface area contributed by atoms with Crippen LogP contribution in [0.15, 0.2) is 36.5 Å². The number of hydrogen-bond donors (Lipinski definition) is 0. The number of pyridine rings is 1. The molecule has 0 saturated heterocycles. The second-order valence-corrected chi connectivity index (χ2v) is 4.71. The maximum absolute atomic E-state index is 11.5. The molecule has 0 atom stereocenters. The van der Waals surface area contributed by atoms with Gasteiger partial charge in [0.05, 0.1) is 12.3 Å². The summed E-state index contributed by atoms with van der Waals surface area (Å²) in [4.78, 5) is 15.7. The molecule has 0 spiro atoms. The number of aryl methyl sites for hydroxylation is 1. The van der Waals surface area contributed by atoms with Crippen molar-refractivity contribution >= 4 is 16.8 Å². The predicted molar refractivity (Wildman–Crippen MR) is 81.1 cm³/mol. The van der Waals surface area contributed by atoms with E-state index in [9.17, 15) is 4.79 Å². The first-order valence-corrected chi connectivity index (χ1v) is 7.00. The van der Waals surface area contributed by atoms with Crippen molar-refractivity contribution in [3.05, 3.63) is 53.3 Å². The average molecular weight is 306 g/mol. The van der Waals surface area contributed by atoms with Gasteiger partial charge in [-0.25, -0.2) is 0 Å². The van der Waals surface area contributed by atoms with E-state index in [0.29, 0.717) is 29.2 Å². The SMILES string of the molecule is CCOc1cccc(C(=O)Cl)c1COc1cccnc1C. The van der Waals surface area contributed by atoms with Gasteiger partial charge >= 0.3 is 0 Å². The largest absolute Gasteiger partial charge is 0.493 e. The van der Waals surface area contributed by atoms with E-state index in [2.05, 4.69) is 4.98 Å². The van der Waals surface area contributed by atoms with Gasteiger partial charge in [0.15, 0.2) is 0 Å². The summed E-state index contributed by atoms with van der Waals surface area (Å²) in [6.45, 7) is 4.43. The van der Waals surface area contributed by atoms with E-state index >= 15 is 0 Å². The van der Waals surface area contributed by atoms with E-state index in [1.165, 1.54) is 0 Å². The molecule has 0 aliphatic rings. The normalized spacial score (nSPS) is 10.2. The van der Waals surface area contributed by atoms with Gasteiger partial charge in [-0.3, -0.25) is 9.78 Å². The zero-order valence-electron chi connectivity index (χ0n) is 11.9. The number of ether oxygens (including phenoxy) is 2. The zero-order valence-corrected chi connectivity index (χ0v) is 12.7. The monoisotopic (exact) mass is 305 g/mol. The van der Waals surface area contributed by atoms with Crippen LogP contribution >= 0.6 is 11.6 Å². The van der Waals surface area contributed by atoms with Crippen LogP contribution in [0.3, 0.4) is 0 Å². The summed E-state index contributed by atoms with van der Waals surface area (Å²) >= 11 is 5.63. The molecule has 1 heterocycles. The summed E-state index contributed by atoms with van der Waals surface area (Å²) in [6.07, 6.45) is 1.70. The van der Waals surface area contributed by atoms with Crippen molar-refractivity contribution in [1.82, 2.24) is 4.98 Å². The van der Waals surface area contributed by atoms with Gasteiger partial charge in [0.25, 0.3) is 5.24 Å². The van der Waals surface area contributed by atoms with Crippen LogP contribution in [0.1, 0.15) is 28.5 Å². The van der Waals surface area contributed by atoms with Crippen molar-refractivity contribution < 1.29 is 14.3 Å². The summed E-state index contributed by atoms with van der Waals surface area (Å²) in [5, 5.41) is -0.530. The van der Waals surface area contributed by atoms with Gasteiger partial charge in [0, 0.05) is 17.3 Å². The van der Waals surface area contributed by atoms with Gasteiger partial charge in [-0.05, 0) is 49.7 Å². The van der Waals surface area contributed by atoms with Crippen molar-refractivity contribution in [2.24, 2.45) is 0 Å². The first kappa shape index (κ1) is 15.3. The Hall–Kier alpha value is -2.07. The second kappa shape index (κ2) is 7.09. The van der Waals surface area contributed by atoms with E-state index < -0.39 is 5.24 Å². The van der Waals surface area contributed by atoms with E-state index in [1.54, 1.807) is 30.5 Å². The Bertz CT molecular complexity index is 643. The standard InChI is InChI=1S/C16H16ClNO3/c1-3-20-15-7-4-6-12(16(17)19)13(15)10-21-14-8-5-9-18-11(14)2/h4-9H,3,10H2,1-2H3. The van der Waals surface area contributed by atoms with Crippen molar-refractivity contribution in [1.29, 1.82) is 0 Å².